The second-order valence-electron chi connectivity index (χ2n) is 6.11. The average Bonchev–Trinajstić information content (AvgIpc) is 2.46. The molecule has 3 heteroatoms. The van der Waals surface area contributed by atoms with E-state index < -0.39 is 0 Å². The minimum absolute atomic E-state index is 0.0147. The van der Waals surface area contributed by atoms with Crippen LogP contribution in [-0.4, -0.2) is 18.0 Å². The molecule has 1 fully saturated rings. The van der Waals surface area contributed by atoms with Gasteiger partial charge in [-0.1, -0.05) is 31.1 Å². The molecule has 0 aromatic heterocycles. The molecule has 0 aliphatic heterocycles. The van der Waals surface area contributed by atoms with Gasteiger partial charge in [0, 0.05) is 16.7 Å². The fraction of sp³-hybridized carbons (Fsp3) is 0.500. The van der Waals surface area contributed by atoms with Crippen molar-refractivity contribution in [1.82, 2.24) is 5.32 Å². The summed E-state index contributed by atoms with van der Waals surface area (Å²) in [5, 5.41) is 3.21. The molecule has 1 saturated carbocycles. The van der Waals surface area contributed by atoms with Crippen molar-refractivity contribution in [3.63, 3.8) is 0 Å². The maximum absolute atomic E-state index is 12.4. The van der Waals surface area contributed by atoms with Gasteiger partial charge < -0.3 is 11.1 Å². The van der Waals surface area contributed by atoms with Crippen molar-refractivity contribution < 1.29 is 4.79 Å². The minimum atomic E-state index is -0.0543. The molecular weight excluding hydrogens is 260 g/mol. The van der Waals surface area contributed by atoms with E-state index in [4.69, 9.17) is 5.73 Å². The molecule has 0 atom stereocenters. The Bertz CT molecular complexity index is 575. The lowest BCUT2D eigenvalue weighted by Crippen LogP contribution is -2.47. The Labute approximate surface area is 127 Å². The van der Waals surface area contributed by atoms with E-state index >= 15 is 0 Å². The number of aryl methyl sites for hydroxylation is 1. The molecule has 3 nitrogen and oxygen atoms in total. The van der Waals surface area contributed by atoms with E-state index in [9.17, 15) is 4.79 Å². The Morgan fingerprint density at radius 1 is 1.33 bits per heavy atom. The van der Waals surface area contributed by atoms with E-state index in [1.54, 1.807) is 0 Å². The van der Waals surface area contributed by atoms with Crippen LogP contribution in [0.1, 0.15) is 60.5 Å². The van der Waals surface area contributed by atoms with E-state index in [0.29, 0.717) is 12.1 Å². The largest absolute Gasteiger partial charge is 0.347 e. The van der Waals surface area contributed by atoms with Gasteiger partial charge in [0.15, 0.2) is 0 Å². The quantitative estimate of drug-likeness (QED) is 0.821. The van der Waals surface area contributed by atoms with Gasteiger partial charge in [-0.05, 0) is 50.5 Å². The Morgan fingerprint density at radius 3 is 2.67 bits per heavy atom. The van der Waals surface area contributed by atoms with Crippen LogP contribution in [0.2, 0.25) is 0 Å². The Hall–Kier alpha value is -1.79. The van der Waals surface area contributed by atoms with Crippen molar-refractivity contribution in [3.8, 4) is 11.8 Å². The summed E-state index contributed by atoms with van der Waals surface area (Å²) in [6.45, 7) is 4.47. The van der Waals surface area contributed by atoms with E-state index in [1.165, 1.54) is 19.3 Å². The molecule has 21 heavy (non-hydrogen) atoms. The Morgan fingerprint density at radius 2 is 2.05 bits per heavy atom. The van der Waals surface area contributed by atoms with E-state index in [1.807, 2.05) is 25.1 Å². The number of carbonyl (C=O) groups is 1. The first kappa shape index (κ1) is 15.6. The fourth-order valence-electron chi connectivity index (χ4n) is 2.89. The molecule has 0 spiro atoms. The Kier molecular flexibility index (Phi) is 5.03. The van der Waals surface area contributed by atoms with Crippen LogP contribution in [0, 0.1) is 18.8 Å². The SMILES string of the molecule is Cc1cc(C(=O)NC2(C)CCCCC2)ccc1C#CCN. The number of nitrogens with two attached hydrogens (primary N) is 1. The summed E-state index contributed by atoms with van der Waals surface area (Å²) < 4.78 is 0. The van der Waals surface area contributed by atoms with Crippen LogP contribution < -0.4 is 11.1 Å². The maximum atomic E-state index is 12.4. The Balaban J connectivity index is 2.11. The minimum Gasteiger partial charge on any atom is -0.347 e. The molecule has 2 rings (SSSR count). The molecule has 1 aliphatic carbocycles. The molecule has 1 aromatic rings. The van der Waals surface area contributed by atoms with Crippen molar-refractivity contribution in [2.45, 2.75) is 51.5 Å². The maximum Gasteiger partial charge on any atom is 0.251 e. The normalized spacial score (nSPS) is 16.7. The smallest absolute Gasteiger partial charge is 0.251 e. The first-order valence-electron chi connectivity index (χ1n) is 7.66. The van der Waals surface area contributed by atoms with Crippen LogP contribution in [0.3, 0.4) is 0 Å². The van der Waals surface area contributed by atoms with Crippen molar-refractivity contribution in [3.05, 3.63) is 34.9 Å². The number of hydrogen-bond donors (Lipinski definition) is 2. The zero-order valence-corrected chi connectivity index (χ0v) is 13.0. The molecule has 1 aromatic carbocycles. The third-order valence-corrected chi connectivity index (χ3v) is 4.19. The average molecular weight is 284 g/mol. The zero-order valence-electron chi connectivity index (χ0n) is 13.0. The van der Waals surface area contributed by atoms with Gasteiger partial charge in [-0.15, -0.1) is 0 Å². The van der Waals surface area contributed by atoms with E-state index in [2.05, 4.69) is 24.1 Å². The van der Waals surface area contributed by atoms with Crippen LogP contribution >= 0.6 is 0 Å². The molecule has 0 bridgehead atoms. The summed E-state index contributed by atoms with van der Waals surface area (Å²) in [7, 11) is 0. The lowest BCUT2D eigenvalue weighted by atomic mass is 9.83. The lowest BCUT2D eigenvalue weighted by molar-refractivity contribution is 0.0882. The number of hydrogen-bond acceptors (Lipinski definition) is 2. The van der Waals surface area contributed by atoms with Gasteiger partial charge in [0.1, 0.15) is 0 Å². The van der Waals surface area contributed by atoms with Crippen molar-refractivity contribution in [1.29, 1.82) is 0 Å². The number of nitrogens with one attached hydrogen (secondary N) is 1. The van der Waals surface area contributed by atoms with Crippen molar-refractivity contribution >= 4 is 5.91 Å². The number of rotatable bonds is 2. The summed E-state index contributed by atoms with van der Waals surface area (Å²) in [6.07, 6.45) is 5.81. The zero-order chi connectivity index (χ0) is 15.3. The predicted molar refractivity (Wildman–Crippen MR) is 86.1 cm³/mol. The fourth-order valence-corrected chi connectivity index (χ4v) is 2.89. The summed E-state index contributed by atoms with van der Waals surface area (Å²) in [5.74, 6) is 5.88. The third-order valence-electron chi connectivity index (χ3n) is 4.19. The van der Waals surface area contributed by atoms with Crippen LogP contribution in [0.15, 0.2) is 18.2 Å². The summed E-state index contributed by atoms with van der Waals surface area (Å²) >= 11 is 0. The highest BCUT2D eigenvalue weighted by Gasteiger charge is 2.28. The van der Waals surface area contributed by atoms with Crippen LogP contribution in [0.5, 0.6) is 0 Å². The first-order chi connectivity index (χ1) is 10.0. The summed E-state index contributed by atoms with van der Waals surface area (Å²) in [4.78, 5) is 12.4. The van der Waals surface area contributed by atoms with Gasteiger partial charge >= 0.3 is 0 Å². The van der Waals surface area contributed by atoms with E-state index in [0.717, 1.165) is 24.0 Å². The molecule has 3 N–H and O–H groups in total. The van der Waals surface area contributed by atoms with Crippen LogP contribution in [0.25, 0.3) is 0 Å². The van der Waals surface area contributed by atoms with Crippen molar-refractivity contribution in [2.24, 2.45) is 5.73 Å². The topological polar surface area (TPSA) is 55.1 Å². The standard InChI is InChI=1S/C18H24N2O/c1-14-13-16(9-8-15(14)7-6-12-19)17(21)20-18(2)10-4-3-5-11-18/h8-9,13H,3-5,10-12,19H2,1-2H3,(H,20,21). The second-order valence-corrected chi connectivity index (χ2v) is 6.11. The third kappa shape index (κ3) is 4.09. The molecule has 0 heterocycles. The lowest BCUT2D eigenvalue weighted by Gasteiger charge is -2.34. The van der Waals surface area contributed by atoms with E-state index in [-0.39, 0.29) is 11.4 Å². The summed E-state index contributed by atoms with van der Waals surface area (Å²) in [6, 6.07) is 5.65. The predicted octanol–water partition coefficient (Wildman–Crippen LogP) is 2.76. The first-order valence-corrected chi connectivity index (χ1v) is 7.66. The summed E-state index contributed by atoms with van der Waals surface area (Å²) in [5.41, 5.74) is 7.98. The van der Waals surface area contributed by atoms with Gasteiger partial charge in [0.2, 0.25) is 0 Å². The molecule has 0 radical (unpaired) electrons. The molecule has 0 saturated heterocycles. The highest BCUT2D eigenvalue weighted by molar-refractivity contribution is 5.95. The number of benzene rings is 1. The number of amides is 1. The monoisotopic (exact) mass is 284 g/mol. The van der Waals surface area contributed by atoms with Gasteiger partial charge in [-0.3, -0.25) is 4.79 Å². The second kappa shape index (κ2) is 6.78. The van der Waals surface area contributed by atoms with Gasteiger partial charge in [0.25, 0.3) is 5.91 Å². The van der Waals surface area contributed by atoms with Gasteiger partial charge in [0.05, 0.1) is 6.54 Å². The highest BCUT2D eigenvalue weighted by atomic mass is 16.1. The van der Waals surface area contributed by atoms with Crippen LogP contribution in [0.4, 0.5) is 0 Å². The van der Waals surface area contributed by atoms with Crippen LogP contribution in [-0.2, 0) is 0 Å². The molecule has 0 unspecified atom stereocenters. The molecule has 1 amide bonds. The molecule has 1 aliphatic rings. The highest BCUT2D eigenvalue weighted by Crippen LogP contribution is 2.27. The van der Waals surface area contributed by atoms with Gasteiger partial charge in [-0.2, -0.15) is 0 Å². The molecule has 112 valence electrons. The molecular formula is C18H24N2O. The number of carbonyl (C=O) groups excluding carboxylic acids is 1. The van der Waals surface area contributed by atoms with Gasteiger partial charge in [-0.25, -0.2) is 0 Å². The van der Waals surface area contributed by atoms with Crippen molar-refractivity contribution in [2.75, 3.05) is 6.54 Å².